The maximum atomic E-state index is 12.1. The minimum absolute atomic E-state index is 0.0739. The highest BCUT2D eigenvalue weighted by atomic mass is 31.2. The van der Waals surface area contributed by atoms with E-state index in [0.717, 1.165) is 38.5 Å². The van der Waals surface area contributed by atoms with E-state index in [4.69, 9.17) is 18.5 Å². The fourth-order valence-corrected chi connectivity index (χ4v) is 3.39. The fourth-order valence-electron chi connectivity index (χ4n) is 2.65. The van der Waals surface area contributed by atoms with Gasteiger partial charge >= 0.3 is 13.8 Å². The average Bonchev–Trinajstić information content (AvgIpc) is 2.81. The van der Waals surface area contributed by atoms with Gasteiger partial charge in [0.25, 0.3) is 0 Å². The molecule has 0 bridgehead atoms. The van der Waals surface area contributed by atoms with Gasteiger partial charge in [-0.25, -0.2) is 4.57 Å². The minimum atomic E-state index is -4.24. The topological polar surface area (TPSA) is 91.3 Å². The van der Waals surface area contributed by atoms with Crippen LogP contribution in [-0.4, -0.2) is 75.6 Å². The van der Waals surface area contributed by atoms with Crippen LogP contribution in [0, 0.1) is 0 Å². The van der Waals surface area contributed by atoms with E-state index in [1.807, 2.05) is 21.1 Å². The van der Waals surface area contributed by atoms with Crippen LogP contribution in [0.5, 0.6) is 0 Å². The maximum absolute atomic E-state index is 12.1. The number of allylic oxidation sites excluding steroid dienone is 8. The van der Waals surface area contributed by atoms with Crippen LogP contribution in [0.3, 0.4) is 0 Å². The highest BCUT2D eigenvalue weighted by molar-refractivity contribution is 7.47. The van der Waals surface area contributed by atoms with E-state index in [2.05, 4.69) is 55.5 Å². The van der Waals surface area contributed by atoms with Gasteiger partial charge in [0, 0.05) is 13.0 Å². The first kappa shape index (κ1) is 34.5. The molecule has 0 aliphatic heterocycles. The number of ether oxygens (including phenoxy) is 2. The van der Waals surface area contributed by atoms with E-state index < -0.39 is 19.9 Å². The summed E-state index contributed by atoms with van der Waals surface area (Å²) >= 11 is 0. The van der Waals surface area contributed by atoms with Crippen LogP contribution in [-0.2, 0) is 27.9 Å². The van der Waals surface area contributed by atoms with Crippen molar-refractivity contribution in [2.24, 2.45) is 0 Å². The van der Waals surface area contributed by atoms with Gasteiger partial charge in [-0.2, -0.15) is 0 Å². The van der Waals surface area contributed by atoms with Gasteiger partial charge in [-0.15, -0.1) is 0 Å². The van der Waals surface area contributed by atoms with Crippen molar-refractivity contribution >= 4 is 13.8 Å². The molecule has 0 heterocycles. The predicted molar refractivity (Wildman–Crippen MR) is 146 cm³/mol. The standard InChI is InChI=1S/C27H48NO7P/c1-6-8-9-10-11-12-13-14-15-16-17-18-19-20-22-32-24-26(35-27(29)7-2)25-34-36(30,31)33-23-21-28(3,4)5/h8-9,11-12,14-15,17-18,26H,6-7,10,13,16,19-25H2,1-5H3/p+1/b9-8-,12-11-,15-14-,18-17-. The second-order valence-corrected chi connectivity index (χ2v) is 10.7. The van der Waals surface area contributed by atoms with Crippen molar-refractivity contribution in [3.63, 3.8) is 0 Å². The lowest BCUT2D eigenvalue weighted by molar-refractivity contribution is -0.870. The summed E-state index contributed by atoms with van der Waals surface area (Å²) in [6.45, 7) is 4.72. The molecule has 9 heteroatoms. The molecular weight excluding hydrogens is 481 g/mol. The number of quaternary nitrogens is 1. The Hall–Kier alpha value is -1.54. The molecule has 208 valence electrons. The van der Waals surface area contributed by atoms with Crippen molar-refractivity contribution in [3.05, 3.63) is 48.6 Å². The highest BCUT2D eigenvalue weighted by Crippen LogP contribution is 2.43. The van der Waals surface area contributed by atoms with Gasteiger partial charge in [0.1, 0.15) is 19.3 Å². The van der Waals surface area contributed by atoms with Crippen molar-refractivity contribution in [1.29, 1.82) is 0 Å². The maximum Gasteiger partial charge on any atom is 0.472 e. The zero-order valence-electron chi connectivity index (χ0n) is 23.0. The largest absolute Gasteiger partial charge is 0.472 e. The van der Waals surface area contributed by atoms with E-state index in [9.17, 15) is 14.3 Å². The number of nitrogens with zero attached hydrogens (tertiary/aromatic N) is 1. The first-order valence-electron chi connectivity index (χ1n) is 12.9. The van der Waals surface area contributed by atoms with Gasteiger partial charge < -0.3 is 18.9 Å². The lowest BCUT2D eigenvalue weighted by atomic mass is 10.2. The molecular formula is C27H49NO7P+. The number of hydrogen-bond donors (Lipinski definition) is 1. The van der Waals surface area contributed by atoms with Crippen LogP contribution < -0.4 is 0 Å². The molecule has 0 aromatic carbocycles. The van der Waals surface area contributed by atoms with Crippen molar-refractivity contribution in [3.8, 4) is 0 Å². The molecule has 0 fully saturated rings. The molecule has 0 radical (unpaired) electrons. The van der Waals surface area contributed by atoms with E-state index in [0.29, 0.717) is 17.6 Å². The fraction of sp³-hybridized carbons (Fsp3) is 0.667. The molecule has 0 amide bonds. The lowest BCUT2D eigenvalue weighted by Crippen LogP contribution is -2.37. The van der Waals surface area contributed by atoms with E-state index in [1.54, 1.807) is 6.92 Å². The van der Waals surface area contributed by atoms with Crippen molar-refractivity contribution in [2.75, 3.05) is 54.1 Å². The normalized spacial score (nSPS) is 15.4. The average molecular weight is 531 g/mol. The van der Waals surface area contributed by atoms with Crippen molar-refractivity contribution < 1.29 is 37.3 Å². The third-order valence-electron chi connectivity index (χ3n) is 4.71. The summed E-state index contributed by atoms with van der Waals surface area (Å²) in [5.74, 6) is -0.425. The summed E-state index contributed by atoms with van der Waals surface area (Å²) < 4.78 is 33.6. The Kier molecular flexibility index (Phi) is 20.6. The lowest BCUT2D eigenvalue weighted by Gasteiger charge is -2.24. The van der Waals surface area contributed by atoms with E-state index in [-0.39, 0.29) is 26.2 Å². The van der Waals surface area contributed by atoms with Gasteiger partial charge in [-0.1, -0.05) is 62.5 Å². The molecule has 0 rings (SSSR count). The molecule has 0 aromatic heterocycles. The SMILES string of the molecule is CC/C=C\C/C=C\C/C=C\C/C=C\CCCOCC(COP(=O)(O)OCC[N+](C)(C)C)OC(=O)CC. The van der Waals surface area contributed by atoms with Crippen molar-refractivity contribution in [2.45, 2.75) is 64.9 Å². The summed E-state index contributed by atoms with van der Waals surface area (Å²) in [4.78, 5) is 21.6. The summed E-state index contributed by atoms with van der Waals surface area (Å²) in [6.07, 6.45) is 22.3. The molecule has 2 atom stereocenters. The van der Waals surface area contributed by atoms with Gasteiger partial charge in [0.2, 0.25) is 0 Å². The Morgan fingerprint density at radius 1 is 0.861 bits per heavy atom. The highest BCUT2D eigenvalue weighted by Gasteiger charge is 2.26. The third-order valence-corrected chi connectivity index (χ3v) is 5.69. The first-order valence-corrected chi connectivity index (χ1v) is 14.4. The molecule has 0 spiro atoms. The summed E-state index contributed by atoms with van der Waals surface area (Å²) in [5.41, 5.74) is 0. The zero-order valence-corrected chi connectivity index (χ0v) is 23.9. The third kappa shape index (κ3) is 24.2. The Balaban J connectivity index is 4.14. The number of likely N-dealkylation sites (N-methyl/N-ethyl adjacent to an activating group) is 1. The number of carbonyl (C=O) groups excluding carboxylic acids is 1. The first-order chi connectivity index (χ1) is 17.1. The number of hydrogen-bond acceptors (Lipinski definition) is 6. The second kappa shape index (κ2) is 21.5. The molecule has 0 saturated carbocycles. The van der Waals surface area contributed by atoms with Crippen LogP contribution >= 0.6 is 7.82 Å². The van der Waals surface area contributed by atoms with Crippen LogP contribution in [0.25, 0.3) is 0 Å². The van der Waals surface area contributed by atoms with Crippen LogP contribution in [0.1, 0.15) is 58.8 Å². The molecule has 36 heavy (non-hydrogen) atoms. The summed E-state index contributed by atoms with van der Waals surface area (Å²) in [6, 6.07) is 0. The number of esters is 1. The van der Waals surface area contributed by atoms with Gasteiger partial charge in [-0.05, 0) is 38.5 Å². The zero-order chi connectivity index (χ0) is 27.1. The Morgan fingerprint density at radius 2 is 1.44 bits per heavy atom. The van der Waals surface area contributed by atoms with E-state index >= 15 is 0 Å². The van der Waals surface area contributed by atoms with E-state index in [1.165, 1.54) is 0 Å². The van der Waals surface area contributed by atoms with Gasteiger partial charge in [0.05, 0.1) is 34.4 Å². The smallest absolute Gasteiger partial charge is 0.457 e. The predicted octanol–water partition coefficient (Wildman–Crippen LogP) is 5.75. The number of carbonyl (C=O) groups is 1. The van der Waals surface area contributed by atoms with Crippen LogP contribution in [0.15, 0.2) is 48.6 Å². The Bertz CT molecular complexity index is 726. The molecule has 1 N–H and O–H groups in total. The molecule has 0 saturated heterocycles. The quantitative estimate of drug-likeness (QED) is 0.0626. The number of phosphoric acid groups is 1. The number of rotatable bonds is 22. The Labute approximate surface area is 218 Å². The molecule has 0 aliphatic carbocycles. The second-order valence-electron chi connectivity index (χ2n) is 9.30. The number of phosphoric ester groups is 1. The molecule has 0 aromatic rings. The minimum Gasteiger partial charge on any atom is -0.457 e. The Morgan fingerprint density at radius 3 is 2.00 bits per heavy atom. The summed E-state index contributed by atoms with van der Waals surface area (Å²) in [5, 5.41) is 0. The van der Waals surface area contributed by atoms with Gasteiger partial charge in [-0.3, -0.25) is 13.8 Å². The van der Waals surface area contributed by atoms with Crippen LogP contribution in [0.4, 0.5) is 0 Å². The van der Waals surface area contributed by atoms with Crippen LogP contribution in [0.2, 0.25) is 0 Å². The molecule has 2 unspecified atom stereocenters. The monoisotopic (exact) mass is 530 g/mol. The van der Waals surface area contributed by atoms with Gasteiger partial charge in [0.15, 0.2) is 0 Å². The molecule has 0 aliphatic rings. The molecule has 8 nitrogen and oxygen atoms in total. The van der Waals surface area contributed by atoms with Crippen molar-refractivity contribution in [1.82, 2.24) is 0 Å². The summed E-state index contributed by atoms with van der Waals surface area (Å²) in [7, 11) is 1.61. The number of unbranched alkanes of at least 4 members (excludes halogenated alkanes) is 1.